The Hall–Kier alpha value is -1.97. The van der Waals surface area contributed by atoms with Crippen molar-refractivity contribution in [2.24, 2.45) is 7.05 Å². The molecule has 2 aromatic rings. The molecule has 0 fully saturated rings. The maximum absolute atomic E-state index is 5.47. The Morgan fingerprint density at radius 3 is 2.37 bits per heavy atom. The molecule has 1 aromatic carbocycles. The zero-order valence-corrected chi connectivity index (χ0v) is 12.5. The fraction of sp³-hybridized carbons (Fsp3) is 0.400. The fourth-order valence-electron chi connectivity index (χ4n) is 2.48. The Balaban J connectivity index is 2.66. The van der Waals surface area contributed by atoms with Gasteiger partial charge in [-0.3, -0.25) is 4.68 Å². The van der Waals surface area contributed by atoms with Crippen molar-refractivity contribution in [1.82, 2.24) is 9.78 Å². The Morgan fingerprint density at radius 1 is 1.16 bits per heavy atom. The molecule has 0 bridgehead atoms. The van der Waals surface area contributed by atoms with Crippen molar-refractivity contribution in [2.75, 3.05) is 19.5 Å². The Labute approximate surface area is 114 Å². The number of benzene rings is 1. The minimum Gasteiger partial charge on any atom is -0.496 e. The van der Waals surface area contributed by atoms with Crippen molar-refractivity contribution in [3.05, 3.63) is 28.8 Å². The summed E-state index contributed by atoms with van der Waals surface area (Å²) in [5, 5.41) is 7.50. The minimum absolute atomic E-state index is 0.878. The molecule has 0 amide bonds. The summed E-state index contributed by atoms with van der Waals surface area (Å²) in [6.45, 7) is 6.29. The molecule has 0 radical (unpaired) electrons. The predicted molar refractivity (Wildman–Crippen MR) is 79.0 cm³/mol. The van der Waals surface area contributed by atoms with Crippen LogP contribution >= 0.6 is 0 Å². The van der Waals surface area contributed by atoms with Gasteiger partial charge in [0.2, 0.25) is 0 Å². The van der Waals surface area contributed by atoms with Gasteiger partial charge in [-0.1, -0.05) is 0 Å². The first kappa shape index (κ1) is 13.5. The highest BCUT2D eigenvalue weighted by Crippen LogP contribution is 2.34. The van der Waals surface area contributed by atoms with Crippen LogP contribution in [0.1, 0.15) is 16.7 Å². The van der Waals surface area contributed by atoms with Crippen LogP contribution in [0, 0.1) is 20.8 Å². The summed E-state index contributed by atoms with van der Waals surface area (Å²) in [6, 6.07) is 4.23. The lowest BCUT2D eigenvalue weighted by Crippen LogP contribution is -2.00. The SMILES string of the molecule is CNc1cc(-c2cc(C)c(OC)c(C)c2C)n(C)n1. The van der Waals surface area contributed by atoms with E-state index in [2.05, 4.69) is 43.3 Å². The van der Waals surface area contributed by atoms with Crippen LogP contribution in [0.15, 0.2) is 12.1 Å². The molecule has 19 heavy (non-hydrogen) atoms. The number of methoxy groups -OCH3 is 1. The minimum atomic E-state index is 0.878. The molecular weight excluding hydrogens is 238 g/mol. The van der Waals surface area contributed by atoms with Gasteiger partial charge in [-0.15, -0.1) is 0 Å². The monoisotopic (exact) mass is 259 g/mol. The first-order valence-electron chi connectivity index (χ1n) is 6.36. The first-order valence-corrected chi connectivity index (χ1v) is 6.36. The molecule has 0 spiro atoms. The van der Waals surface area contributed by atoms with Gasteiger partial charge in [0.15, 0.2) is 0 Å². The van der Waals surface area contributed by atoms with Crippen LogP contribution in [0.2, 0.25) is 0 Å². The number of anilines is 1. The quantitative estimate of drug-likeness (QED) is 0.920. The third-order valence-corrected chi connectivity index (χ3v) is 3.64. The number of rotatable bonds is 3. The van der Waals surface area contributed by atoms with Gasteiger partial charge in [-0.05, 0) is 43.5 Å². The van der Waals surface area contributed by atoms with E-state index >= 15 is 0 Å². The van der Waals surface area contributed by atoms with E-state index in [1.54, 1.807) is 7.11 Å². The van der Waals surface area contributed by atoms with Crippen LogP contribution in [0.3, 0.4) is 0 Å². The molecule has 0 aliphatic heterocycles. The number of nitrogens with one attached hydrogen (secondary N) is 1. The Bertz CT molecular complexity index is 614. The summed E-state index contributed by atoms with van der Waals surface area (Å²) >= 11 is 0. The number of hydrogen-bond donors (Lipinski definition) is 1. The second-order valence-electron chi connectivity index (χ2n) is 4.81. The third kappa shape index (κ3) is 2.18. The van der Waals surface area contributed by atoms with E-state index in [1.165, 1.54) is 16.7 Å². The molecule has 0 saturated carbocycles. The lowest BCUT2D eigenvalue weighted by molar-refractivity contribution is 0.408. The van der Waals surface area contributed by atoms with Crippen LogP contribution in [-0.2, 0) is 7.05 Å². The average molecular weight is 259 g/mol. The van der Waals surface area contributed by atoms with Gasteiger partial charge >= 0.3 is 0 Å². The molecule has 102 valence electrons. The second-order valence-corrected chi connectivity index (χ2v) is 4.81. The summed E-state index contributed by atoms with van der Waals surface area (Å²) in [5.74, 6) is 1.85. The van der Waals surface area contributed by atoms with Crippen molar-refractivity contribution in [2.45, 2.75) is 20.8 Å². The number of aryl methyl sites for hydroxylation is 2. The molecule has 1 aromatic heterocycles. The number of nitrogens with zero attached hydrogens (tertiary/aromatic N) is 2. The predicted octanol–water partition coefficient (Wildman–Crippen LogP) is 3.06. The summed E-state index contributed by atoms with van der Waals surface area (Å²) in [5.41, 5.74) is 5.87. The lowest BCUT2D eigenvalue weighted by atomic mass is 9.96. The molecule has 0 unspecified atom stereocenters. The smallest absolute Gasteiger partial charge is 0.148 e. The molecule has 1 heterocycles. The van der Waals surface area contributed by atoms with Gasteiger partial charge in [0, 0.05) is 25.7 Å². The number of hydrogen-bond acceptors (Lipinski definition) is 3. The van der Waals surface area contributed by atoms with Crippen molar-refractivity contribution in [3.8, 4) is 17.0 Å². The molecular formula is C15H21N3O. The van der Waals surface area contributed by atoms with Crippen LogP contribution < -0.4 is 10.1 Å². The maximum atomic E-state index is 5.47. The summed E-state index contributed by atoms with van der Waals surface area (Å²) in [6.07, 6.45) is 0. The van der Waals surface area contributed by atoms with Crippen molar-refractivity contribution in [1.29, 1.82) is 0 Å². The van der Waals surface area contributed by atoms with Crippen molar-refractivity contribution >= 4 is 5.82 Å². The number of aromatic nitrogens is 2. The van der Waals surface area contributed by atoms with Crippen molar-refractivity contribution in [3.63, 3.8) is 0 Å². The number of ether oxygens (including phenoxy) is 1. The molecule has 4 heteroatoms. The van der Waals surface area contributed by atoms with E-state index in [0.717, 1.165) is 22.8 Å². The van der Waals surface area contributed by atoms with Gasteiger partial charge < -0.3 is 10.1 Å². The first-order chi connectivity index (χ1) is 8.99. The highest BCUT2D eigenvalue weighted by Gasteiger charge is 2.15. The second kappa shape index (κ2) is 4.96. The largest absolute Gasteiger partial charge is 0.496 e. The lowest BCUT2D eigenvalue weighted by Gasteiger charge is -2.15. The zero-order valence-electron chi connectivity index (χ0n) is 12.5. The van der Waals surface area contributed by atoms with E-state index in [-0.39, 0.29) is 0 Å². The van der Waals surface area contributed by atoms with Crippen LogP contribution in [0.5, 0.6) is 5.75 Å². The van der Waals surface area contributed by atoms with Gasteiger partial charge in [0.1, 0.15) is 11.6 Å². The molecule has 4 nitrogen and oxygen atoms in total. The fourth-order valence-corrected chi connectivity index (χ4v) is 2.48. The van der Waals surface area contributed by atoms with Gasteiger partial charge in [0.05, 0.1) is 12.8 Å². The Morgan fingerprint density at radius 2 is 1.84 bits per heavy atom. The van der Waals surface area contributed by atoms with E-state index in [0.29, 0.717) is 0 Å². The zero-order chi connectivity index (χ0) is 14.2. The van der Waals surface area contributed by atoms with Crippen LogP contribution in [0.4, 0.5) is 5.82 Å². The van der Waals surface area contributed by atoms with E-state index < -0.39 is 0 Å². The maximum Gasteiger partial charge on any atom is 0.148 e. The van der Waals surface area contributed by atoms with Crippen LogP contribution in [0.25, 0.3) is 11.3 Å². The molecule has 2 rings (SSSR count). The third-order valence-electron chi connectivity index (χ3n) is 3.64. The molecule has 1 N–H and O–H groups in total. The average Bonchev–Trinajstić information content (AvgIpc) is 2.76. The summed E-state index contributed by atoms with van der Waals surface area (Å²) in [4.78, 5) is 0. The standard InChI is InChI=1S/C15H21N3O/c1-9-7-12(10(2)11(3)15(9)19-6)13-8-14(16-4)17-18(13)5/h7-8H,1-6H3,(H,16,17). The molecule has 0 aliphatic rings. The Kier molecular flexibility index (Phi) is 3.51. The molecule has 0 saturated heterocycles. The van der Waals surface area contributed by atoms with Gasteiger partial charge in [-0.2, -0.15) is 5.10 Å². The van der Waals surface area contributed by atoms with Gasteiger partial charge in [-0.25, -0.2) is 0 Å². The van der Waals surface area contributed by atoms with E-state index in [4.69, 9.17) is 4.74 Å². The van der Waals surface area contributed by atoms with Crippen molar-refractivity contribution < 1.29 is 4.74 Å². The van der Waals surface area contributed by atoms with E-state index in [1.807, 2.05) is 18.8 Å². The summed E-state index contributed by atoms with van der Waals surface area (Å²) < 4.78 is 7.37. The highest BCUT2D eigenvalue weighted by atomic mass is 16.5. The molecule has 0 aliphatic carbocycles. The topological polar surface area (TPSA) is 39.1 Å². The highest BCUT2D eigenvalue weighted by molar-refractivity contribution is 5.71. The van der Waals surface area contributed by atoms with Gasteiger partial charge in [0.25, 0.3) is 0 Å². The normalized spacial score (nSPS) is 10.6. The molecule has 0 atom stereocenters. The van der Waals surface area contributed by atoms with Crippen LogP contribution in [-0.4, -0.2) is 23.9 Å². The summed E-state index contributed by atoms with van der Waals surface area (Å²) in [7, 11) is 5.56. The van der Waals surface area contributed by atoms with E-state index in [9.17, 15) is 0 Å².